The van der Waals surface area contributed by atoms with E-state index in [1.54, 1.807) is 0 Å². The molecule has 1 aromatic rings. The summed E-state index contributed by atoms with van der Waals surface area (Å²) in [7, 11) is 2.11. The molecule has 0 amide bonds. The second-order valence-electron chi connectivity index (χ2n) is 11.0. The fourth-order valence-electron chi connectivity index (χ4n) is 5.17. The lowest BCUT2D eigenvalue weighted by atomic mass is 9.73. The highest BCUT2D eigenvalue weighted by molar-refractivity contribution is 8.14. The van der Waals surface area contributed by atoms with Crippen molar-refractivity contribution in [2.45, 2.75) is 96.3 Å². The smallest absolute Gasteiger partial charge is 0.373 e. The number of phenols is 1. The Morgan fingerprint density at radius 2 is 2.03 bits per heavy atom. The zero-order valence-corrected chi connectivity index (χ0v) is 22.8. The van der Waals surface area contributed by atoms with Crippen molar-refractivity contribution in [2.24, 2.45) is 5.92 Å². The number of ether oxygens (including phenoxy) is 1. The molecule has 5 heteroatoms. The number of likely N-dealkylation sites (N-methyl/N-ethyl adjacent to an activating group) is 1. The number of carbonyl (C=O) groups excluding carboxylic acids is 1. The number of benzene rings is 1. The van der Waals surface area contributed by atoms with Crippen LogP contribution in [0.5, 0.6) is 11.5 Å². The van der Waals surface area contributed by atoms with E-state index in [-0.39, 0.29) is 27.6 Å². The number of hydrogen-bond donors (Lipinski definition) is 1. The van der Waals surface area contributed by atoms with Gasteiger partial charge in [0.2, 0.25) is 0 Å². The second-order valence-corrected chi connectivity index (χ2v) is 12.7. The first-order valence-corrected chi connectivity index (χ1v) is 13.6. The SMILES string of the molecule is C=C(C)[C@@H]1CCC(C)=C[C@H]1c1c(O)cc(CCCCC)cc1OC(=O)SC(C)(C)CC1CN1C. The number of hydrogen-bond acceptors (Lipinski definition) is 5. The predicted octanol–water partition coefficient (Wildman–Crippen LogP) is 7.86. The van der Waals surface area contributed by atoms with Crippen molar-refractivity contribution in [3.8, 4) is 11.5 Å². The van der Waals surface area contributed by atoms with E-state index in [0.717, 1.165) is 68.2 Å². The summed E-state index contributed by atoms with van der Waals surface area (Å²) in [6, 6.07) is 4.40. The molecule has 0 saturated carbocycles. The van der Waals surface area contributed by atoms with Crippen LogP contribution in [0, 0.1) is 5.92 Å². The third-order valence-corrected chi connectivity index (χ3v) is 8.20. The Morgan fingerprint density at radius 3 is 2.65 bits per heavy atom. The van der Waals surface area contributed by atoms with Crippen molar-refractivity contribution >= 4 is 17.1 Å². The van der Waals surface area contributed by atoms with Gasteiger partial charge in [-0.25, -0.2) is 4.79 Å². The molecule has 3 rings (SSSR count). The van der Waals surface area contributed by atoms with E-state index >= 15 is 0 Å². The van der Waals surface area contributed by atoms with E-state index < -0.39 is 0 Å². The Labute approximate surface area is 210 Å². The van der Waals surface area contributed by atoms with Gasteiger partial charge >= 0.3 is 5.30 Å². The van der Waals surface area contributed by atoms with Crippen LogP contribution < -0.4 is 4.74 Å². The lowest BCUT2D eigenvalue weighted by Crippen LogP contribution is -2.23. The summed E-state index contributed by atoms with van der Waals surface area (Å²) in [4.78, 5) is 15.4. The molecule has 4 atom stereocenters. The summed E-state index contributed by atoms with van der Waals surface area (Å²) in [6.45, 7) is 15.9. The van der Waals surface area contributed by atoms with Gasteiger partial charge in [0.1, 0.15) is 11.5 Å². The van der Waals surface area contributed by atoms with E-state index in [1.165, 1.54) is 17.3 Å². The van der Waals surface area contributed by atoms with Crippen LogP contribution in [0.15, 0.2) is 35.9 Å². The molecule has 34 heavy (non-hydrogen) atoms. The van der Waals surface area contributed by atoms with Gasteiger partial charge in [-0.3, -0.25) is 0 Å². The number of aryl methyl sites for hydroxylation is 1. The van der Waals surface area contributed by atoms with Gasteiger partial charge in [-0.2, -0.15) is 0 Å². The van der Waals surface area contributed by atoms with Crippen LogP contribution in [-0.4, -0.2) is 39.7 Å². The van der Waals surface area contributed by atoms with Crippen molar-refractivity contribution in [3.63, 3.8) is 0 Å². The molecule has 2 aliphatic rings. The topological polar surface area (TPSA) is 49.5 Å². The van der Waals surface area contributed by atoms with Crippen molar-refractivity contribution in [1.29, 1.82) is 0 Å². The largest absolute Gasteiger partial charge is 0.507 e. The number of phenolic OH excluding ortho intramolecular Hbond substituents is 1. The Hall–Kier alpha value is -1.72. The molecule has 4 nitrogen and oxygen atoms in total. The zero-order valence-electron chi connectivity index (χ0n) is 21.9. The molecular formula is C29H43NO3S. The highest BCUT2D eigenvalue weighted by Gasteiger charge is 2.38. The second kappa shape index (κ2) is 11.3. The van der Waals surface area contributed by atoms with E-state index in [2.05, 4.69) is 59.2 Å². The Balaban J connectivity index is 1.91. The molecule has 188 valence electrons. The summed E-state index contributed by atoms with van der Waals surface area (Å²) in [6.07, 6.45) is 9.38. The van der Waals surface area contributed by atoms with Crippen LogP contribution in [0.3, 0.4) is 0 Å². The fourth-order valence-corrected chi connectivity index (χ4v) is 6.03. The number of rotatable bonds is 10. The average molecular weight is 486 g/mol. The standard InChI is InChI=1S/C29H43NO3S/c1-8-9-10-11-21-15-25(31)27(24-14-20(4)12-13-23(24)19(2)3)26(16-21)33-28(32)34-29(5,6)17-22-18-30(22)7/h14-16,22-24,31H,2,8-13,17-18H2,1,3-7H3/t22?,23-,24+,30?/m0/s1. The van der Waals surface area contributed by atoms with Crippen LogP contribution >= 0.6 is 11.8 Å². The Kier molecular flexibility index (Phi) is 8.97. The van der Waals surface area contributed by atoms with Gasteiger partial charge in [0, 0.05) is 28.8 Å². The first kappa shape index (κ1) is 26.9. The van der Waals surface area contributed by atoms with Gasteiger partial charge < -0.3 is 14.7 Å². The molecule has 2 unspecified atom stereocenters. The lowest BCUT2D eigenvalue weighted by molar-refractivity contribution is 0.225. The third kappa shape index (κ3) is 7.14. The molecular weight excluding hydrogens is 442 g/mol. The number of unbranched alkanes of at least 4 members (excludes halogenated alkanes) is 2. The predicted molar refractivity (Wildman–Crippen MR) is 144 cm³/mol. The van der Waals surface area contributed by atoms with Gasteiger partial charge in [0.05, 0.1) is 0 Å². The van der Waals surface area contributed by atoms with Gasteiger partial charge in [-0.05, 0) is 88.4 Å². The van der Waals surface area contributed by atoms with Crippen LogP contribution in [0.1, 0.15) is 90.2 Å². The van der Waals surface area contributed by atoms with Crippen LogP contribution in [-0.2, 0) is 6.42 Å². The number of thioether (sulfide) groups is 1. The summed E-state index contributed by atoms with van der Waals surface area (Å²) >= 11 is 1.26. The molecule has 1 N–H and O–H groups in total. The first-order valence-electron chi connectivity index (χ1n) is 12.8. The van der Waals surface area contributed by atoms with Crippen molar-refractivity contribution in [3.05, 3.63) is 47.1 Å². The molecule has 1 aromatic carbocycles. The van der Waals surface area contributed by atoms with Gasteiger partial charge in [-0.15, -0.1) is 0 Å². The first-order chi connectivity index (χ1) is 16.0. The quantitative estimate of drug-likeness (QED) is 0.158. The molecule has 0 radical (unpaired) electrons. The minimum absolute atomic E-state index is 0.0446. The maximum Gasteiger partial charge on any atom is 0.373 e. The minimum atomic E-state index is -0.303. The molecule has 1 saturated heterocycles. The molecule has 1 aliphatic carbocycles. The van der Waals surface area contributed by atoms with E-state index in [0.29, 0.717) is 11.8 Å². The van der Waals surface area contributed by atoms with Crippen LogP contribution in [0.25, 0.3) is 0 Å². The number of carbonyl (C=O) groups is 1. The Morgan fingerprint density at radius 1 is 1.32 bits per heavy atom. The third-order valence-electron chi connectivity index (χ3n) is 7.23. The van der Waals surface area contributed by atoms with Crippen LogP contribution in [0.4, 0.5) is 4.79 Å². The number of aromatic hydroxyl groups is 1. The average Bonchev–Trinajstić information content (AvgIpc) is 3.40. The molecule has 1 heterocycles. The maximum absolute atomic E-state index is 13.1. The minimum Gasteiger partial charge on any atom is -0.507 e. The fraction of sp³-hybridized carbons (Fsp3) is 0.621. The van der Waals surface area contributed by atoms with Gasteiger partial charge in [0.15, 0.2) is 0 Å². The van der Waals surface area contributed by atoms with E-state index in [4.69, 9.17) is 4.74 Å². The molecule has 0 spiro atoms. The monoisotopic (exact) mass is 485 g/mol. The summed E-state index contributed by atoms with van der Waals surface area (Å²) in [5, 5.41) is 10.9. The number of allylic oxidation sites excluding steroid dienone is 3. The molecule has 0 bridgehead atoms. The van der Waals surface area contributed by atoms with E-state index in [1.807, 2.05) is 12.1 Å². The van der Waals surface area contributed by atoms with Gasteiger partial charge in [0.25, 0.3) is 0 Å². The normalized spacial score (nSPS) is 24.5. The highest BCUT2D eigenvalue weighted by atomic mass is 32.2. The summed E-state index contributed by atoms with van der Waals surface area (Å²) in [5.41, 5.74) is 4.14. The van der Waals surface area contributed by atoms with Gasteiger partial charge in [-0.1, -0.05) is 57.4 Å². The zero-order chi connectivity index (χ0) is 25.0. The number of nitrogens with zero attached hydrogens (tertiary/aromatic N) is 1. The summed E-state index contributed by atoms with van der Waals surface area (Å²) < 4.78 is 5.83. The molecule has 1 aliphatic heterocycles. The van der Waals surface area contributed by atoms with E-state index in [9.17, 15) is 9.90 Å². The lowest BCUT2D eigenvalue weighted by Gasteiger charge is -2.32. The van der Waals surface area contributed by atoms with Crippen LogP contribution in [0.2, 0.25) is 0 Å². The Bertz CT molecular complexity index is 936. The van der Waals surface area contributed by atoms with Crippen molar-refractivity contribution in [1.82, 2.24) is 4.90 Å². The van der Waals surface area contributed by atoms with Crippen molar-refractivity contribution < 1.29 is 14.6 Å². The highest BCUT2D eigenvalue weighted by Crippen LogP contribution is 2.47. The summed E-state index contributed by atoms with van der Waals surface area (Å²) in [5.74, 6) is 0.901. The maximum atomic E-state index is 13.1. The molecule has 0 aromatic heterocycles. The molecule has 1 fully saturated rings. The van der Waals surface area contributed by atoms with Crippen molar-refractivity contribution in [2.75, 3.05) is 13.6 Å².